The molecular formula is C13H6BrFN4O. The van der Waals surface area contributed by atoms with Crippen molar-refractivity contribution in [3.63, 3.8) is 0 Å². The van der Waals surface area contributed by atoms with Crippen LogP contribution in [-0.4, -0.2) is 15.1 Å². The number of nitrogens with zero attached hydrogens (tertiary/aromatic N) is 3. The molecular weight excluding hydrogens is 327 g/mol. The highest BCUT2D eigenvalue weighted by molar-refractivity contribution is 9.10. The van der Waals surface area contributed by atoms with E-state index in [1.807, 2.05) is 6.07 Å². The summed E-state index contributed by atoms with van der Waals surface area (Å²) in [5.74, 6) is 0.278. The normalized spacial score (nSPS) is 10.4. The summed E-state index contributed by atoms with van der Waals surface area (Å²) in [6.07, 6.45) is 1.61. The summed E-state index contributed by atoms with van der Waals surface area (Å²) < 4.78 is 18.6. The standard InChI is InChI=1S/C13H6BrFN4O/c14-10-4-7(1-2-11(10)15)12-18-13(20-19-12)8-3-9(5-16)17-6-8/h1-4,6,17H. The molecule has 3 aromatic rings. The third-order valence-corrected chi connectivity index (χ3v) is 3.26. The first-order valence-electron chi connectivity index (χ1n) is 5.55. The fraction of sp³-hybridized carbons (Fsp3) is 0. The van der Waals surface area contributed by atoms with Crippen molar-refractivity contribution in [3.8, 4) is 28.9 Å². The van der Waals surface area contributed by atoms with Crippen LogP contribution in [0.3, 0.4) is 0 Å². The minimum atomic E-state index is -0.359. The van der Waals surface area contributed by atoms with Gasteiger partial charge in [0.15, 0.2) is 0 Å². The Morgan fingerprint density at radius 1 is 1.30 bits per heavy atom. The number of halogens is 2. The number of H-pyrrole nitrogens is 1. The topological polar surface area (TPSA) is 78.5 Å². The molecule has 0 aliphatic heterocycles. The first-order valence-corrected chi connectivity index (χ1v) is 6.34. The van der Waals surface area contributed by atoms with Crippen molar-refractivity contribution in [1.29, 1.82) is 5.26 Å². The lowest BCUT2D eigenvalue weighted by molar-refractivity contribution is 0.432. The number of hydrogen-bond acceptors (Lipinski definition) is 4. The zero-order valence-electron chi connectivity index (χ0n) is 9.89. The van der Waals surface area contributed by atoms with E-state index < -0.39 is 0 Å². The highest BCUT2D eigenvalue weighted by atomic mass is 79.9. The van der Waals surface area contributed by atoms with Crippen LogP contribution in [0.25, 0.3) is 22.8 Å². The van der Waals surface area contributed by atoms with Crippen molar-refractivity contribution in [2.75, 3.05) is 0 Å². The van der Waals surface area contributed by atoms with Gasteiger partial charge in [0.25, 0.3) is 5.89 Å². The largest absolute Gasteiger partial charge is 0.352 e. The number of nitriles is 1. The Bertz CT molecular complexity index is 818. The predicted molar refractivity (Wildman–Crippen MR) is 71.9 cm³/mol. The SMILES string of the molecule is N#Cc1cc(-c2nc(-c3ccc(F)c(Br)c3)no2)c[nH]1. The molecule has 5 nitrogen and oxygen atoms in total. The van der Waals surface area contributed by atoms with Crippen LogP contribution in [0.5, 0.6) is 0 Å². The molecule has 1 N–H and O–H groups in total. The van der Waals surface area contributed by atoms with Crippen molar-refractivity contribution >= 4 is 15.9 Å². The number of aromatic amines is 1. The monoisotopic (exact) mass is 332 g/mol. The number of aromatic nitrogens is 3. The third-order valence-electron chi connectivity index (χ3n) is 2.65. The Hall–Kier alpha value is -2.46. The summed E-state index contributed by atoms with van der Waals surface area (Å²) >= 11 is 3.11. The summed E-state index contributed by atoms with van der Waals surface area (Å²) in [4.78, 5) is 6.99. The number of benzene rings is 1. The number of hydrogen-bond donors (Lipinski definition) is 1. The fourth-order valence-electron chi connectivity index (χ4n) is 1.68. The molecule has 0 spiro atoms. The van der Waals surface area contributed by atoms with Crippen LogP contribution in [0.2, 0.25) is 0 Å². The second kappa shape index (κ2) is 4.90. The lowest BCUT2D eigenvalue weighted by Crippen LogP contribution is -1.83. The van der Waals surface area contributed by atoms with Gasteiger partial charge in [-0.15, -0.1) is 0 Å². The van der Waals surface area contributed by atoms with Gasteiger partial charge in [-0.1, -0.05) is 5.16 Å². The van der Waals surface area contributed by atoms with Crippen molar-refractivity contribution < 1.29 is 8.91 Å². The molecule has 3 rings (SSSR count). The van der Waals surface area contributed by atoms with E-state index >= 15 is 0 Å². The van der Waals surface area contributed by atoms with Gasteiger partial charge in [0, 0.05) is 11.8 Å². The number of rotatable bonds is 2. The summed E-state index contributed by atoms with van der Waals surface area (Å²) in [5, 5.41) is 12.6. The van der Waals surface area contributed by atoms with Crippen LogP contribution in [0.1, 0.15) is 5.69 Å². The van der Waals surface area contributed by atoms with E-state index in [4.69, 9.17) is 9.78 Å². The van der Waals surface area contributed by atoms with E-state index in [0.29, 0.717) is 27.1 Å². The maximum Gasteiger partial charge on any atom is 0.259 e. The van der Waals surface area contributed by atoms with E-state index in [-0.39, 0.29) is 11.7 Å². The molecule has 20 heavy (non-hydrogen) atoms. The second-order valence-electron chi connectivity index (χ2n) is 3.97. The molecule has 98 valence electrons. The van der Waals surface area contributed by atoms with Gasteiger partial charge >= 0.3 is 0 Å². The van der Waals surface area contributed by atoms with Crippen molar-refractivity contribution in [2.45, 2.75) is 0 Å². The van der Waals surface area contributed by atoms with Gasteiger partial charge in [-0.25, -0.2) is 4.39 Å². The Morgan fingerprint density at radius 3 is 2.85 bits per heavy atom. The van der Waals surface area contributed by atoms with Crippen LogP contribution >= 0.6 is 15.9 Å². The second-order valence-corrected chi connectivity index (χ2v) is 4.82. The molecule has 0 bridgehead atoms. The smallest absolute Gasteiger partial charge is 0.259 e. The van der Waals surface area contributed by atoms with Crippen molar-refractivity contribution in [2.24, 2.45) is 0 Å². The lowest BCUT2D eigenvalue weighted by Gasteiger charge is -1.96. The summed E-state index contributed by atoms with van der Waals surface area (Å²) in [6, 6.07) is 8.04. The first kappa shape index (κ1) is 12.6. The van der Waals surface area contributed by atoms with Crippen LogP contribution in [0, 0.1) is 17.1 Å². The molecule has 0 aliphatic rings. The quantitative estimate of drug-likeness (QED) is 0.778. The fourth-order valence-corrected chi connectivity index (χ4v) is 2.05. The van der Waals surface area contributed by atoms with Crippen LogP contribution in [0.15, 0.2) is 39.5 Å². The predicted octanol–water partition coefficient (Wildman–Crippen LogP) is 3.50. The summed E-state index contributed by atoms with van der Waals surface area (Å²) in [7, 11) is 0. The summed E-state index contributed by atoms with van der Waals surface area (Å²) in [6.45, 7) is 0. The zero-order valence-corrected chi connectivity index (χ0v) is 11.5. The maximum absolute atomic E-state index is 13.2. The van der Waals surface area contributed by atoms with Gasteiger partial charge < -0.3 is 9.51 Å². The van der Waals surface area contributed by atoms with Crippen LogP contribution < -0.4 is 0 Å². The average molecular weight is 333 g/mol. The summed E-state index contributed by atoms with van der Waals surface area (Å²) in [5.41, 5.74) is 1.66. The molecule has 2 aromatic heterocycles. The highest BCUT2D eigenvalue weighted by Crippen LogP contribution is 2.26. The molecule has 0 aliphatic carbocycles. The molecule has 0 radical (unpaired) electrons. The zero-order chi connectivity index (χ0) is 14.1. The van der Waals surface area contributed by atoms with Gasteiger partial charge in [0.05, 0.1) is 10.0 Å². The van der Waals surface area contributed by atoms with Crippen molar-refractivity contribution in [1.82, 2.24) is 15.1 Å². The third kappa shape index (κ3) is 2.21. The molecule has 7 heteroatoms. The Labute approximate surface area is 121 Å². The van der Waals surface area contributed by atoms with Gasteiger partial charge in [-0.2, -0.15) is 10.2 Å². The minimum absolute atomic E-state index is 0.290. The first-order chi connectivity index (χ1) is 9.67. The molecule has 2 heterocycles. The molecule has 0 saturated heterocycles. The molecule has 0 saturated carbocycles. The molecule has 0 atom stereocenters. The molecule has 0 amide bonds. The Balaban J connectivity index is 1.97. The molecule has 0 fully saturated rings. The molecule has 0 unspecified atom stereocenters. The van der Waals surface area contributed by atoms with E-state index in [0.717, 1.165) is 0 Å². The average Bonchev–Trinajstić information content (AvgIpc) is 3.09. The van der Waals surface area contributed by atoms with E-state index in [1.165, 1.54) is 6.07 Å². The Kier molecular flexibility index (Phi) is 3.08. The van der Waals surface area contributed by atoms with E-state index in [1.54, 1.807) is 24.4 Å². The van der Waals surface area contributed by atoms with Gasteiger partial charge in [0.1, 0.15) is 17.6 Å². The lowest BCUT2D eigenvalue weighted by atomic mass is 10.2. The van der Waals surface area contributed by atoms with Gasteiger partial charge in [0.2, 0.25) is 5.82 Å². The van der Waals surface area contributed by atoms with Crippen molar-refractivity contribution in [3.05, 3.63) is 46.4 Å². The van der Waals surface area contributed by atoms with E-state index in [9.17, 15) is 4.39 Å². The number of nitrogens with one attached hydrogen (secondary N) is 1. The highest BCUT2D eigenvalue weighted by Gasteiger charge is 2.13. The van der Waals surface area contributed by atoms with Crippen LogP contribution in [0.4, 0.5) is 4.39 Å². The minimum Gasteiger partial charge on any atom is -0.352 e. The van der Waals surface area contributed by atoms with Crippen LogP contribution in [-0.2, 0) is 0 Å². The Morgan fingerprint density at radius 2 is 2.15 bits per heavy atom. The van der Waals surface area contributed by atoms with Gasteiger partial charge in [-0.3, -0.25) is 0 Å². The maximum atomic E-state index is 13.2. The van der Waals surface area contributed by atoms with Gasteiger partial charge in [-0.05, 0) is 40.2 Å². The van der Waals surface area contributed by atoms with E-state index in [2.05, 4.69) is 31.1 Å². The molecule has 1 aromatic carbocycles.